The van der Waals surface area contributed by atoms with Crippen molar-refractivity contribution in [1.29, 1.82) is 0 Å². The van der Waals surface area contributed by atoms with Crippen LogP contribution in [0.15, 0.2) is 0 Å². The lowest BCUT2D eigenvalue weighted by Crippen LogP contribution is -2.41. The molecule has 0 aliphatic rings. The summed E-state index contributed by atoms with van der Waals surface area (Å²) in [6.07, 6.45) is 1.78. The molecule has 1 unspecified atom stereocenters. The zero-order valence-corrected chi connectivity index (χ0v) is 12.4. The van der Waals surface area contributed by atoms with Gasteiger partial charge in [-0.1, -0.05) is 41.5 Å². The molecule has 0 aromatic heterocycles. The molecule has 0 fully saturated rings. The first kappa shape index (κ1) is 15.8. The van der Waals surface area contributed by atoms with Crippen LogP contribution < -0.4 is 5.32 Å². The molecule has 1 atom stereocenters. The molecule has 0 spiro atoms. The molecule has 0 aromatic carbocycles. The molecule has 0 bridgehead atoms. The summed E-state index contributed by atoms with van der Waals surface area (Å²) in [7, 11) is 0. The molecule has 0 aliphatic heterocycles. The van der Waals surface area contributed by atoms with Gasteiger partial charge in [-0.15, -0.1) is 0 Å². The first-order valence-electron chi connectivity index (χ1n) is 6.08. The third-order valence-electron chi connectivity index (χ3n) is 2.61. The third kappa shape index (κ3) is 6.41. The van der Waals surface area contributed by atoms with Gasteiger partial charge in [0.05, 0.1) is 0 Å². The molecule has 1 N–H and O–H groups in total. The molecule has 0 radical (unpaired) electrons. The van der Waals surface area contributed by atoms with Gasteiger partial charge in [-0.3, -0.25) is 4.79 Å². The van der Waals surface area contributed by atoms with Crippen molar-refractivity contribution in [3.05, 3.63) is 0 Å². The van der Waals surface area contributed by atoms with Crippen LogP contribution in [0.1, 0.15) is 54.4 Å². The Morgan fingerprint density at radius 2 is 1.75 bits per heavy atom. The van der Waals surface area contributed by atoms with Crippen LogP contribution in [0.4, 0.5) is 0 Å². The standard InChI is InChI=1S/C13H27NOS/c1-7-8-14-11(15)10(12(2,3)4)9-13(5,6)16/h10,16H,7-9H2,1-6H3,(H,14,15). The zero-order valence-electron chi connectivity index (χ0n) is 11.6. The Balaban J connectivity index is 4.62. The number of hydrogen-bond donors (Lipinski definition) is 2. The first-order valence-corrected chi connectivity index (χ1v) is 6.52. The number of carbonyl (C=O) groups excluding carboxylic acids is 1. The smallest absolute Gasteiger partial charge is 0.223 e. The zero-order chi connectivity index (χ0) is 13.0. The van der Waals surface area contributed by atoms with Crippen LogP contribution in [0, 0.1) is 11.3 Å². The van der Waals surface area contributed by atoms with Gasteiger partial charge >= 0.3 is 0 Å². The minimum absolute atomic E-state index is 0.0160. The van der Waals surface area contributed by atoms with E-state index in [2.05, 4.69) is 59.5 Å². The molecule has 1 amide bonds. The Labute approximate surface area is 106 Å². The SMILES string of the molecule is CCCNC(=O)C(CC(C)(C)S)C(C)(C)C. The molecule has 0 aromatic rings. The fraction of sp³-hybridized carbons (Fsp3) is 0.923. The summed E-state index contributed by atoms with van der Waals surface area (Å²) in [6, 6.07) is 0. The maximum atomic E-state index is 12.1. The van der Waals surface area contributed by atoms with Crippen molar-refractivity contribution in [2.75, 3.05) is 6.54 Å². The second-order valence-corrected chi connectivity index (χ2v) is 7.44. The lowest BCUT2D eigenvalue weighted by molar-refractivity contribution is -0.128. The molecule has 0 heterocycles. The molecule has 0 saturated heterocycles. The quantitative estimate of drug-likeness (QED) is 0.715. The van der Waals surface area contributed by atoms with E-state index in [0.717, 1.165) is 19.4 Å². The van der Waals surface area contributed by atoms with E-state index in [1.54, 1.807) is 0 Å². The van der Waals surface area contributed by atoms with E-state index in [1.807, 2.05) is 0 Å². The largest absolute Gasteiger partial charge is 0.356 e. The highest BCUT2D eigenvalue weighted by atomic mass is 32.1. The van der Waals surface area contributed by atoms with E-state index in [-0.39, 0.29) is 22.0 Å². The molecular formula is C13H27NOS. The summed E-state index contributed by atoms with van der Waals surface area (Å²) in [4.78, 5) is 12.1. The van der Waals surface area contributed by atoms with Gasteiger partial charge in [0.25, 0.3) is 0 Å². The molecular weight excluding hydrogens is 218 g/mol. The number of rotatable bonds is 5. The molecule has 16 heavy (non-hydrogen) atoms. The molecule has 0 aliphatic carbocycles. The predicted octanol–water partition coefficient (Wildman–Crippen LogP) is 3.27. The summed E-state index contributed by atoms with van der Waals surface area (Å²) in [5.74, 6) is 0.183. The normalized spacial score (nSPS) is 14.7. The summed E-state index contributed by atoms with van der Waals surface area (Å²) in [5, 5.41) is 2.99. The summed E-state index contributed by atoms with van der Waals surface area (Å²) < 4.78 is -0.110. The Kier molecular flexibility index (Phi) is 5.88. The monoisotopic (exact) mass is 245 g/mol. The summed E-state index contributed by atoms with van der Waals surface area (Å²) in [6.45, 7) is 13.3. The van der Waals surface area contributed by atoms with Crippen LogP contribution in [0.2, 0.25) is 0 Å². The minimum Gasteiger partial charge on any atom is -0.356 e. The lowest BCUT2D eigenvalue weighted by Gasteiger charge is -2.34. The van der Waals surface area contributed by atoms with E-state index >= 15 is 0 Å². The van der Waals surface area contributed by atoms with Gasteiger partial charge in [0.1, 0.15) is 0 Å². The van der Waals surface area contributed by atoms with Gasteiger partial charge < -0.3 is 5.32 Å². The van der Waals surface area contributed by atoms with Crippen LogP contribution in [0.25, 0.3) is 0 Å². The number of hydrogen-bond acceptors (Lipinski definition) is 2. The highest BCUT2D eigenvalue weighted by Gasteiger charge is 2.34. The second-order valence-electron chi connectivity index (χ2n) is 6.23. The summed E-state index contributed by atoms with van der Waals surface area (Å²) >= 11 is 4.53. The fourth-order valence-electron chi connectivity index (χ4n) is 1.66. The van der Waals surface area contributed by atoms with Crippen LogP contribution in [0.5, 0.6) is 0 Å². The van der Waals surface area contributed by atoms with E-state index in [4.69, 9.17) is 0 Å². The lowest BCUT2D eigenvalue weighted by atomic mass is 9.75. The van der Waals surface area contributed by atoms with E-state index in [1.165, 1.54) is 0 Å². The van der Waals surface area contributed by atoms with Crippen LogP contribution in [-0.4, -0.2) is 17.2 Å². The van der Waals surface area contributed by atoms with Gasteiger partial charge in [0.2, 0.25) is 5.91 Å². The van der Waals surface area contributed by atoms with Gasteiger partial charge in [-0.05, 0) is 18.3 Å². The van der Waals surface area contributed by atoms with Crippen molar-refractivity contribution < 1.29 is 4.79 Å². The highest BCUT2D eigenvalue weighted by molar-refractivity contribution is 7.81. The highest BCUT2D eigenvalue weighted by Crippen LogP contribution is 2.35. The average molecular weight is 245 g/mol. The van der Waals surface area contributed by atoms with Gasteiger partial charge in [-0.2, -0.15) is 12.6 Å². The van der Waals surface area contributed by atoms with Crippen LogP contribution in [-0.2, 0) is 4.79 Å². The van der Waals surface area contributed by atoms with Crippen molar-refractivity contribution in [3.8, 4) is 0 Å². The van der Waals surface area contributed by atoms with E-state index in [0.29, 0.717) is 0 Å². The second kappa shape index (κ2) is 5.95. The Bertz CT molecular complexity index is 225. The maximum Gasteiger partial charge on any atom is 0.223 e. The minimum atomic E-state index is -0.110. The number of thiol groups is 1. The molecule has 96 valence electrons. The molecule has 2 nitrogen and oxygen atoms in total. The van der Waals surface area contributed by atoms with Gasteiger partial charge in [0.15, 0.2) is 0 Å². The Hall–Kier alpha value is -0.180. The van der Waals surface area contributed by atoms with Crippen molar-refractivity contribution in [1.82, 2.24) is 5.32 Å². The van der Waals surface area contributed by atoms with E-state index < -0.39 is 0 Å². The molecule has 0 rings (SSSR count). The number of nitrogens with one attached hydrogen (secondary N) is 1. The van der Waals surface area contributed by atoms with Crippen LogP contribution in [0.3, 0.4) is 0 Å². The predicted molar refractivity (Wildman–Crippen MR) is 73.9 cm³/mol. The van der Waals surface area contributed by atoms with Gasteiger partial charge in [0, 0.05) is 17.2 Å². The molecule has 0 saturated carbocycles. The molecule has 3 heteroatoms. The maximum absolute atomic E-state index is 12.1. The topological polar surface area (TPSA) is 29.1 Å². The Morgan fingerprint density at radius 3 is 2.06 bits per heavy atom. The van der Waals surface area contributed by atoms with Crippen molar-refractivity contribution in [2.45, 2.75) is 59.1 Å². The van der Waals surface area contributed by atoms with Crippen LogP contribution >= 0.6 is 12.6 Å². The third-order valence-corrected chi connectivity index (χ3v) is 2.80. The summed E-state index contributed by atoms with van der Waals surface area (Å²) in [5.41, 5.74) is -0.0160. The first-order chi connectivity index (χ1) is 7.08. The average Bonchev–Trinajstić information content (AvgIpc) is 2.07. The Morgan fingerprint density at radius 1 is 1.25 bits per heavy atom. The van der Waals surface area contributed by atoms with E-state index in [9.17, 15) is 4.79 Å². The van der Waals surface area contributed by atoms with Crippen molar-refractivity contribution >= 4 is 18.5 Å². The number of amides is 1. The van der Waals surface area contributed by atoms with Crippen molar-refractivity contribution in [3.63, 3.8) is 0 Å². The van der Waals surface area contributed by atoms with Crippen molar-refractivity contribution in [2.24, 2.45) is 11.3 Å². The fourth-order valence-corrected chi connectivity index (χ4v) is 1.85. The number of carbonyl (C=O) groups is 1. The van der Waals surface area contributed by atoms with Gasteiger partial charge in [-0.25, -0.2) is 0 Å².